The summed E-state index contributed by atoms with van der Waals surface area (Å²) < 4.78 is 7.56. The highest BCUT2D eigenvalue weighted by Crippen LogP contribution is 2.24. The summed E-state index contributed by atoms with van der Waals surface area (Å²) in [6.07, 6.45) is 1.58. The molecule has 1 amide bonds. The zero-order valence-electron chi connectivity index (χ0n) is 15.8. The predicted octanol–water partition coefficient (Wildman–Crippen LogP) is 3.58. The molecule has 0 spiro atoms. The van der Waals surface area contributed by atoms with Crippen LogP contribution in [0.15, 0.2) is 54.6 Å². The summed E-state index contributed by atoms with van der Waals surface area (Å²) in [4.78, 5) is 18.6. The molecule has 1 fully saturated rings. The number of aromatic nitrogens is 2. The van der Waals surface area contributed by atoms with Gasteiger partial charge in [0.25, 0.3) is 0 Å². The molecule has 0 bridgehead atoms. The molecule has 0 aliphatic carbocycles. The van der Waals surface area contributed by atoms with Crippen molar-refractivity contribution in [2.75, 3.05) is 13.1 Å². The summed E-state index contributed by atoms with van der Waals surface area (Å²) in [7, 11) is 0. The average Bonchev–Trinajstić information content (AvgIpc) is 3.11. The van der Waals surface area contributed by atoms with E-state index in [0.717, 1.165) is 36.0 Å². The zero-order chi connectivity index (χ0) is 19.3. The number of carbonyl (C=O) groups excluding carboxylic acids is 1. The van der Waals surface area contributed by atoms with Gasteiger partial charge in [-0.05, 0) is 36.5 Å². The van der Waals surface area contributed by atoms with Gasteiger partial charge in [-0.1, -0.05) is 42.5 Å². The quantitative estimate of drug-likeness (QED) is 0.736. The summed E-state index contributed by atoms with van der Waals surface area (Å²) >= 11 is 0. The van der Waals surface area contributed by atoms with E-state index in [-0.39, 0.29) is 12.7 Å². The monoisotopic (exact) mass is 379 g/mol. The number of hydrogen-bond acceptors (Lipinski definition) is 4. The van der Waals surface area contributed by atoms with Gasteiger partial charge in [0.15, 0.2) is 0 Å². The van der Waals surface area contributed by atoms with Crippen LogP contribution in [-0.4, -0.2) is 38.7 Å². The number of rotatable bonds is 5. The smallest absolute Gasteiger partial charge is 0.410 e. The van der Waals surface area contributed by atoms with Gasteiger partial charge in [0.2, 0.25) is 0 Å². The van der Waals surface area contributed by atoms with Crippen molar-refractivity contribution in [3.05, 3.63) is 66.0 Å². The first kappa shape index (κ1) is 18.5. The summed E-state index contributed by atoms with van der Waals surface area (Å²) in [6, 6.07) is 17.7. The van der Waals surface area contributed by atoms with Gasteiger partial charge in [-0.3, -0.25) is 0 Å². The lowest BCUT2D eigenvalue weighted by atomic mass is 9.97. The minimum absolute atomic E-state index is 0.0701. The number of amides is 1. The number of likely N-dealkylation sites (tertiary alicyclic amines) is 1. The third-order valence-electron chi connectivity index (χ3n) is 5.39. The standard InChI is InChI=1S/C22H25N3O3/c26-15-21-23-19-8-4-5-9-20(19)25(21)14-17-10-12-24(13-11-17)22(27)28-16-18-6-2-1-3-7-18/h1-9,17,26H,10-16H2. The molecule has 146 valence electrons. The number of benzene rings is 2. The molecule has 1 aromatic heterocycles. The minimum atomic E-state index is -0.244. The maximum Gasteiger partial charge on any atom is 0.410 e. The third kappa shape index (κ3) is 4.02. The third-order valence-corrected chi connectivity index (χ3v) is 5.39. The van der Waals surface area contributed by atoms with Gasteiger partial charge < -0.3 is 19.3 Å². The number of piperidine rings is 1. The SMILES string of the molecule is O=C(OCc1ccccc1)N1CCC(Cn2c(CO)nc3ccccc32)CC1. The summed E-state index contributed by atoms with van der Waals surface area (Å²) in [5, 5.41) is 9.66. The first-order valence-electron chi connectivity index (χ1n) is 9.75. The number of hydrogen-bond donors (Lipinski definition) is 1. The van der Waals surface area contributed by atoms with E-state index in [1.165, 1.54) is 0 Å². The van der Waals surface area contributed by atoms with Gasteiger partial charge in [-0.2, -0.15) is 0 Å². The Morgan fingerprint density at radius 3 is 2.54 bits per heavy atom. The minimum Gasteiger partial charge on any atom is -0.445 e. The molecule has 6 heteroatoms. The van der Waals surface area contributed by atoms with Crippen LogP contribution in [-0.2, 0) is 24.5 Å². The Morgan fingerprint density at radius 2 is 1.79 bits per heavy atom. The molecule has 0 atom stereocenters. The number of nitrogens with zero attached hydrogens (tertiary/aromatic N) is 3. The van der Waals surface area contributed by atoms with Crippen LogP contribution >= 0.6 is 0 Å². The second-order valence-electron chi connectivity index (χ2n) is 7.26. The lowest BCUT2D eigenvalue weighted by Gasteiger charge is -2.31. The highest BCUT2D eigenvalue weighted by atomic mass is 16.6. The van der Waals surface area contributed by atoms with Crippen LogP contribution in [0.25, 0.3) is 11.0 Å². The molecular formula is C22H25N3O3. The van der Waals surface area contributed by atoms with Crippen LogP contribution in [0.4, 0.5) is 4.79 Å². The molecule has 2 heterocycles. The van der Waals surface area contributed by atoms with E-state index in [1.54, 1.807) is 4.90 Å². The molecule has 6 nitrogen and oxygen atoms in total. The van der Waals surface area contributed by atoms with E-state index < -0.39 is 0 Å². The molecule has 0 saturated carbocycles. The van der Waals surface area contributed by atoms with Gasteiger partial charge in [0, 0.05) is 19.6 Å². The van der Waals surface area contributed by atoms with E-state index in [1.807, 2.05) is 54.6 Å². The van der Waals surface area contributed by atoms with Crippen LogP contribution < -0.4 is 0 Å². The lowest BCUT2D eigenvalue weighted by molar-refractivity contribution is 0.0806. The van der Waals surface area contributed by atoms with E-state index in [9.17, 15) is 9.90 Å². The van der Waals surface area contributed by atoms with E-state index in [0.29, 0.717) is 31.4 Å². The number of imidazole rings is 1. The zero-order valence-corrected chi connectivity index (χ0v) is 15.8. The number of para-hydroxylation sites is 2. The topological polar surface area (TPSA) is 67.6 Å². The summed E-state index contributed by atoms with van der Waals surface area (Å²) in [5.41, 5.74) is 2.96. The van der Waals surface area contributed by atoms with Crippen molar-refractivity contribution in [2.45, 2.75) is 32.6 Å². The molecule has 1 saturated heterocycles. The largest absolute Gasteiger partial charge is 0.445 e. The molecule has 1 aliphatic rings. The van der Waals surface area contributed by atoms with Gasteiger partial charge >= 0.3 is 6.09 Å². The Kier molecular flexibility index (Phi) is 5.58. The van der Waals surface area contributed by atoms with E-state index >= 15 is 0 Å². The molecule has 4 rings (SSSR count). The molecule has 0 unspecified atom stereocenters. The molecule has 3 aromatic rings. The van der Waals surface area contributed by atoms with Crippen molar-refractivity contribution < 1.29 is 14.6 Å². The summed E-state index contributed by atoms with van der Waals surface area (Å²) in [5.74, 6) is 1.15. The van der Waals surface area contributed by atoms with E-state index in [2.05, 4.69) is 9.55 Å². The molecular weight excluding hydrogens is 354 g/mol. The van der Waals surface area contributed by atoms with Crippen molar-refractivity contribution in [3.63, 3.8) is 0 Å². The Bertz CT molecular complexity index is 931. The van der Waals surface area contributed by atoms with Crippen molar-refractivity contribution in [2.24, 2.45) is 5.92 Å². The Labute approximate surface area is 164 Å². The van der Waals surface area contributed by atoms with Crippen LogP contribution in [0.2, 0.25) is 0 Å². The van der Waals surface area contributed by atoms with Gasteiger partial charge in [-0.25, -0.2) is 9.78 Å². The second kappa shape index (κ2) is 8.44. The van der Waals surface area contributed by atoms with Crippen LogP contribution in [0.3, 0.4) is 0 Å². The number of carbonyl (C=O) groups is 1. The number of fused-ring (bicyclic) bond motifs is 1. The highest BCUT2D eigenvalue weighted by molar-refractivity contribution is 5.75. The second-order valence-corrected chi connectivity index (χ2v) is 7.26. The number of aliphatic hydroxyl groups is 1. The fraction of sp³-hybridized carbons (Fsp3) is 0.364. The molecule has 0 radical (unpaired) electrons. The predicted molar refractivity (Wildman–Crippen MR) is 107 cm³/mol. The normalized spacial score (nSPS) is 15.1. The van der Waals surface area contributed by atoms with Crippen LogP contribution in [0.1, 0.15) is 24.2 Å². The highest BCUT2D eigenvalue weighted by Gasteiger charge is 2.25. The van der Waals surface area contributed by atoms with Crippen LogP contribution in [0, 0.1) is 5.92 Å². The van der Waals surface area contributed by atoms with Crippen LogP contribution in [0.5, 0.6) is 0 Å². The van der Waals surface area contributed by atoms with Gasteiger partial charge in [-0.15, -0.1) is 0 Å². The molecule has 1 aliphatic heterocycles. The maximum atomic E-state index is 12.3. The Hall–Kier alpha value is -2.86. The first-order valence-corrected chi connectivity index (χ1v) is 9.75. The van der Waals surface area contributed by atoms with Gasteiger partial charge in [0.1, 0.15) is 19.0 Å². The Morgan fingerprint density at radius 1 is 1.07 bits per heavy atom. The lowest BCUT2D eigenvalue weighted by Crippen LogP contribution is -2.39. The average molecular weight is 379 g/mol. The van der Waals surface area contributed by atoms with E-state index in [4.69, 9.17) is 4.74 Å². The fourth-order valence-electron chi connectivity index (χ4n) is 3.82. The van der Waals surface area contributed by atoms with Gasteiger partial charge in [0.05, 0.1) is 11.0 Å². The van der Waals surface area contributed by atoms with Crippen molar-refractivity contribution in [3.8, 4) is 0 Å². The maximum absolute atomic E-state index is 12.3. The van der Waals surface area contributed by atoms with Crippen molar-refractivity contribution in [1.82, 2.24) is 14.5 Å². The molecule has 2 aromatic carbocycles. The fourth-order valence-corrected chi connectivity index (χ4v) is 3.82. The Balaban J connectivity index is 1.33. The molecule has 28 heavy (non-hydrogen) atoms. The van der Waals surface area contributed by atoms with Crippen molar-refractivity contribution in [1.29, 1.82) is 0 Å². The first-order chi connectivity index (χ1) is 13.7. The summed E-state index contributed by atoms with van der Waals surface area (Å²) in [6.45, 7) is 2.43. The van der Waals surface area contributed by atoms with Crippen molar-refractivity contribution >= 4 is 17.1 Å². The number of ether oxygens (including phenoxy) is 1. The number of aliphatic hydroxyl groups excluding tert-OH is 1. The molecule has 1 N–H and O–H groups in total.